The molecule has 0 aliphatic carbocycles. The second-order valence-electron chi connectivity index (χ2n) is 8.45. The number of hydrogen-bond acceptors (Lipinski definition) is 6. The maximum Gasteiger partial charge on any atom is 0.239 e. The van der Waals surface area contributed by atoms with Crippen LogP contribution in [-0.2, 0) is 11.3 Å². The third kappa shape index (κ3) is 5.20. The molecule has 0 bridgehead atoms. The van der Waals surface area contributed by atoms with Gasteiger partial charge in [-0.25, -0.2) is 9.07 Å². The molecular weight excluding hydrogens is 435 g/mol. The van der Waals surface area contributed by atoms with Crippen LogP contribution in [0.1, 0.15) is 30.2 Å². The molecule has 0 saturated carbocycles. The van der Waals surface area contributed by atoms with Crippen molar-refractivity contribution in [2.24, 2.45) is 0 Å². The molecule has 2 aromatic heterocycles. The van der Waals surface area contributed by atoms with Crippen LogP contribution >= 0.6 is 0 Å². The molecule has 0 radical (unpaired) electrons. The summed E-state index contributed by atoms with van der Waals surface area (Å²) >= 11 is 0. The quantitative estimate of drug-likeness (QED) is 0.449. The highest BCUT2D eigenvalue weighted by Crippen LogP contribution is 2.27. The van der Waals surface area contributed by atoms with E-state index in [0.29, 0.717) is 36.2 Å². The van der Waals surface area contributed by atoms with E-state index in [1.165, 1.54) is 12.1 Å². The molecule has 2 aromatic carbocycles. The van der Waals surface area contributed by atoms with Crippen molar-refractivity contribution >= 4 is 11.7 Å². The Morgan fingerprint density at radius 1 is 1.15 bits per heavy atom. The van der Waals surface area contributed by atoms with Gasteiger partial charge in [-0.15, -0.1) is 0 Å². The van der Waals surface area contributed by atoms with Gasteiger partial charge in [0.25, 0.3) is 0 Å². The van der Waals surface area contributed by atoms with Crippen molar-refractivity contribution in [1.29, 1.82) is 0 Å². The van der Waals surface area contributed by atoms with E-state index in [-0.39, 0.29) is 24.2 Å². The summed E-state index contributed by atoms with van der Waals surface area (Å²) < 4.78 is 20.8. The van der Waals surface area contributed by atoms with Crippen molar-refractivity contribution < 1.29 is 13.7 Å². The van der Waals surface area contributed by atoms with Crippen molar-refractivity contribution in [3.63, 3.8) is 0 Å². The number of piperidine rings is 1. The lowest BCUT2D eigenvalue weighted by atomic mass is 9.98. The highest BCUT2D eigenvalue weighted by atomic mass is 19.1. The molecule has 1 atom stereocenters. The molecular formula is C25H25FN6O2. The second-order valence-corrected chi connectivity index (χ2v) is 8.45. The van der Waals surface area contributed by atoms with Gasteiger partial charge < -0.3 is 9.84 Å². The van der Waals surface area contributed by atoms with E-state index >= 15 is 0 Å². The fraction of sp³-hybridized carbons (Fsp3) is 0.280. The fourth-order valence-corrected chi connectivity index (χ4v) is 4.25. The molecule has 34 heavy (non-hydrogen) atoms. The molecule has 1 aliphatic rings. The summed E-state index contributed by atoms with van der Waals surface area (Å²) in [6.45, 7) is 2.30. The molecule has 4 aromatic rings. The van der Waals surface area contributed by atoms with Crippen molar-refractivity contribution in [2.45, 2.75) is 25.3 Å². The number of amides is 1. The topological polar surface area (TPSA) is 89.1 Å². The van der Waals surface area contributed by atoms with Gasteiger partial charge in [0.05, 0.1) is 25.2 Å². The first-order chi connectivity index (χ1) is 16.6. The summed E-state index contributed by atoms with van der Waals surface area (Å²) in [5, 5.41) is 11.3. The molecule has 8 nitrogen and oxygen atoms in total. The number of carbonyl (C=O) groups excluding carboxylic acids is 1. The molecule has 1 fully saturated rings. The van der Waals surface area contributed by atoms with Crippen LogP contribution in [-0.4, -0.2) is 50.4 Å². The zero-order valence-electron chi connectivity index (χ0n) is 18.6. The number of halogens is 1. The van der Waals surface area contributed by atoms with E-state index in [9.17, 15) is 9.18 Å². The van der Waals surface area contributed by atoms with Gasteiger partial charge in [-0.3, -0.25) is 9.69 Å². The smallest absolute Gasteiger partial charge is 0.239 e. The number of anilines is 1. The largest absolute Gasteiger partial charge is 0.339 e. The molecule has 5 rings (SSSR count). The molecule has 1 saturated heterocycles. The van der Waals surface area contributed by atoms with Gasteiger partial charge in [0.15, 0.2) is 0 Å². The third-order valence-electron chi connectivity index (χ3n) is 5.91. The predicted octanol–water partition coefficient (Wildman–Crippen LogP) is 3.94. The zero-order chi connectivity index (χ0) is 23.3. The van der Waals surface area contributed by atoms with Gasteiger partial charge in [-0.2, -0.15) is 10.1 Å². The maximum absolute atomic E-state index is 13.5. The molecule has 1 unspecified atom stereocenters. The van der Waals surface area contributed by atoms with Gasteiger partial charge >= 0.3 is 0 Å². The summed E-state index contributed by atoms with van der Waals surface area (Å²) in [7, 11) is 0. The normalized spacial score (nSPS) is 16.4. The number of carbonyl (C=O) groups is 1. The Balaban J connectivity index is 1.19. The molecule has 3 heterocycles. The first kappa shape index (κ1) is 22.0. The van der Waals surface area contributed by atoms with Gasteiger partial charge in [-0.1, -0.05) is 47.6 Å². The number of nitrogens with zero attached hydrogens (tertiary/aromatic N) is 5. The Hall–Kier alpha value is -3.85. The van der Waals surface area contributed by atoms with Crippen molar-refractivity contribution in [3.05, 3.63) is 84.1 Å². The molecule has 1 aliphatic heterocycles. The van der Waals surface area contributed by atoms with Crippen LogP contribution in [0, 0.1) is 5.82 Å². The van der Waals surface area contributed by atoms with E-state index in [2.05, 4.69) is 25.5 Å². The van der Waals surface area contributed by atoms with Gasteiger partial charge in [0, 0.05) is 18.2 Å². The van der Waals surface area contributed by atoms with Crippen LogP contribution in [0.2, 0.25) is 0 Å². The lowest BCUT2D eigenvalue weighted by Crippen LogP contribution is -2.40. The van der Waals surface area contributed by atoms with E-state index in [1.807, 2.05) is 30.3 Å². The summed E-state index contributed by atoms with van der Waals surface area (Å²) in [6.07, 6.45) is 3.50. The maximum atomic E-state index is 13.5. The molecule has 0 spiro atoms. The number of rotatable bonds is 7. The van der Waals surface area contributed by atoms with Crippen LogP contribution in [0.4, 0.5) is 10.2 Å². The average Bonchev–Trinajstić information content (AvgIpc) is 3.50. The van der Waals surface area contributed by atoms with Gasteiger partial charge in [0.1, 0.15) is 11.6 Å². The Bertz CT molecular complexity index is 1260. The Morgan fingerprint density at radius 3 is 2.88 bits per heavy atom. The lowest BCUT2D eigenvalue weighted by molar-refractivity contribution is -0.117. The minimum atomic E-state index is -0.344. The van der Waals surface area contributed by atoms with Crippen molar-refractivity contribution in [3.8, 4) is 11.4 Å². The summed E-state index contributed by atoms with van der Waals surface area (Å²) in [5.41, 5.74) is 1.69. The Morgan fingerprint density at radius 2 is 2.03 bits per heavy atom. The Labute approximate surface area is 196 Å². The van der Waals surface area contributed by atoms with Crippen LogP contribution in [0.5, 0.6) is 0 Å². The molecule has 9 heteroatoms. The summed E-state index contributed by atoms with van der Waals surface area (Å²) in [5.74, 6) is 1.14. The van der Waals surface area contributed by atoms with Gasteiger partial charge in [-0.05, 0) is 37.1 Å². The van der Waals surface area contributed by atoms with Crippen LogP contribution in [0.25, 0.3) is 11.4 Å². The Kier molecular flexibility index (Phi) is 6.44. The minimum absolute atomic E-state index is 0.0277. The first-order valence-electron chi connectivity index (χ1n) is 11.3. The molecule has 1 amide bonds. The number of nitrogens with one attached hydrogen (secondary N) is 1. The predicted molar refractivity (Wildman–Crippen MR) is 125 cm³/mol. The highest BCUT2D eigenvalue weighted by Gasteiger charge is 2.27. The monoisotopic (exact) mass is 460 g/mol. The summed E-state index contributed by atoms with van der Waals surface area (Å²) in [6, 6.07) is 17.9. The van der Waals surface area contributed by atoms with Crippen LogP contribution < -0.4 is 5.32 Å². The lowest BCUT2D eigenvalue weighted by Gasteiger charge is -2.30. The fourth-order valence-electron chi connectivity index (χ4n) is 4.25. The van der Waals surface area contributed by atoms with Gasteiger partial charge in [0.2, 0.25) is 17.6 Å². The van der Waals surface area contributed by atoms with E-state index < -0.39 is 0 Å². The van der Waals surface area contributed by atoms with E-state index in [4.69, 9.17) is 4.52 Å². The first-order valence-corrected chi connectivity index (χ1v) is 11.3. The number of hydrogen-bond donors (Lipinski definition) is 1. The zero-order valence-corrected chi connectivity index (χ0v) is 18.6. The highest BCUT2D eigenvalue weighted by molar-refractivity contribution is 5.91. The third-order valence-corrected chi connectivity index (χ3v) is 5.91. The number of likely N-dealkylation sites (tertiary alicyclic amines) is 1. The molecule has 174 valence electrons. The van der Waals surface area contributed by atoms with E-state index in [0.717, 1.165) is 24.9 Å². The standard InChI is InChI=1S/C25H25FN6O2/c26-21-10-4-8-19(14-21)24-29-25(34-30-24)20-9-5-13-31(16-20)17-23(33)28-22-11-12-27-32(22)15-18-6-2-1-3-7-18/h1-4,6-8,10-12,14,20H,5,9,13,15-17H2,(H,28,33). The molecule has 1 N–H and O–H groups in total. The van der Waals surface area contributed by atoms with Crippen molar-refractivity contribution in [1.82, 2.24) is 24.8 Å². The van der Waals surface area contributed by atoms with Crippen molar-refractivity contribution in [2.75, 3.05) is 25.0 Å². The van der Waals surface area contributed by atoms with Crippen LogP contribution in [0.15, 0.2) is 71.4 Å². The minimum Gasteiger partial charge on any atom is -0.339 e. The summed E-state index contributed by atoms with van der Waals surface area (Å²) in [4.78, 5) is 19.3. The number of aromatic nitrogens is 4. The average molecular weight is 461 g/mol. The van der Waals surface area contributed by atoms with E-state index in [1.54, 1.807) is 29.1 Å². The SMILES string of the molecule is O=C(CN1CCCC(c2nc(-c3cccc(F)c3)no2)C1)Nc1ccnn1Cc1ccccc1. The van der Waals surface area contributed by atoms with Crippen LogP contribution in [0.3, 0.4) is 0 Å². The second kappa shape index (κ2) is 9.96. The number of benzene rings is 2.